The summed E-state index contributed by atoms with van der Waals surface area (Å²) in [7, 11) is 0. The van der Waals surface area contributed by atoms with E-state index in [1.165, 1.54) is 20.0 Å². The summed E-state index contributed by atoms with van der Waals surface area (Å²) in [5.74, 6) is -2.02. The maximum Gasteiger partial charge on any atom is 0.412 e. The SMILES string of the molecule is CC(C)C(NC(=O)Cn1c(-c2ccccc2)ncc(NC(=O)OCc2ccccc2)c1=O)C(=O)c1nc(C(C)(C)O)no1. The lowest BCUT2D eigenvalue weighted by atomic mass is 9.99. The lowest BCUT2D eigenvalue weighted by molar-refractivity contribution is -0.122. The van der Waals surface area contributed by atoms with Crippen LogP contribution >= 0.6 is 0 Å². The third-order valence-electron chi connectivity index (χ3n) is 6.28. The molecule has 0 aliphatic rings. The van der Waals surface area contributed by atoms with E-state index in [0.29, 0.717) is 5.56 Å². The second-order valence-electron chi connectivity index (χ2n) is 10.6. The van der Waals surface area contributed by atoms with Gasteiger partial charge in [0, 0.05) is 5.56 Å². The van der Waals surface area contributed by atoms with Crippen molar-refractivity contribution in [1.82, 2.24) is 25.0 Å². The average molecular weight is 589 g/mol. The van der Waals surface area contributed by atoms with Crippen LogP contribution in [0, 0.1) is 5.92 Å². The van der Waals surface area contributed by atoms with E-state index < -0.39 is 47.4 Å². The molecule has 2 aromatic carbocycles. The molecular formula is C30H32N6O7. The molecule has 0 aliphatic heterocycles. The maximum atomic E-state index is 13.5. The van der Waals surface area contributed by atoms with Crippen LogP contribution in [0.4, 0.5) is 10.5 Å². The highest BCUT2D eigenvalue weighted by atomic mass is 16.5. The summed E-state index contributed by atoms with van der Waals surface area (Å²) in [4.78, 5) is 60.8. The summed E-state index contributed by atoms with van der Waals surface area (Å²) in [5, 5.41) is 18.8. The normalized spacial score (nSPS) is 12.0. The number of carbonyl (C=O) groups is 3. The van der Waals surface area contributed by atoms with E-state index in [0.717, 1.165) is 10.1 Å². The Hall–Kier alpha value is -5.17. The van der Waals surface area contributed by atoms with Crippen molar-refractivity contribution in [2.24, 2.45) is 5.92 Å². The molecule has 0 fully saturated rings. The molecule has 2 aromatic heterocycles. The van der Waals surface area contributed by atoms with Crippen molar-refractivity contribution < 1.29 is 28.8 Å². The van der Waals surface area contributed by atoms with E-state index in [1.54, 1.807) is 68.4 Å². The van der Waals surface area contributed by atoms with Crippen LogP contribution in [0.2, 0.25) is 0 Å². The number of aromatic nitrogens is 4. The topological polar surface area (TPSA) is 179 Å². The van der Waals surface area contributed by atoms with Crippen molar-refractivity contribution >= 4 is 23.5 Å². The van der Waals surface area contributed by atoms with Gasteiger partial charge in [-0.1, -0.05) is 79.7 Å². The highest BCUT2D eigenvalue weighted by Crippen LogP contribution is 2.19. The molecule has 1 atom stereocenters. The van der Waals surface area contributed by atoms with E-state index in [-0.39, 0.29) is 29.8 Å². The van der Waals surface area contributed by atoms with E-state index in [9.17, 15) is 24.3 Å². The Morgan fingerprint density at radius 3 is 2.30 bits per heavy atom. The van der Waals surface area contributed by atoms with Crippen LogP contribution in [0.15, 0.2) is 76.2 Å². The average Bonchev–Trinajstić information content (AvgIpc) is 3.49. The van der Waals surface area contributed by atoms with Crippen LogP contribution in [0.25, 0.3) is 11.4 Å². The van der Waals surface area contributed by atoms with Crippen LogP contribution in [-0.2, 0) is 28.3 Å². The van der Waals surface area contributed by atoms with Gasteiger partial charge in [-0.2, -0.15) is 4.98 Å². The molecule has 3 N–H and O–H groups in total. The summed E-state index contributed by atoms with van der Waals surface area (Å²) < 4.78 is 11.4. The predicted octanol–water partition coefficient (Wildman–Crippen LogP) is 3.29. The van der Waals surface area contributed by atoms with Crippen LogP contribution in [0.5, 0.6) is 0 Å². The van der Waals surface area contributed by atoms with Crippen molar-refractivity contribution in [3.05, 3.63) is 94.5 Å². The quantitative estimate of drug-likeness (QED) is 0.220. The van der Waals surface area contributed by atoms with Crippen molar-refractivity contribution in [3.63, 3.8) is 0 Å². The van der Waals surface area contributed by atoms with E-state index >= 15 is 0 Å². The first-order valence-electron chi connectivity index (χ1n) is 13.5. The number of carbonyl (C=O) groups excluding carboxylic acids is 3. The lowest BCUT2D eigenvalue weighted by Crippen LogP contribution is -2.46. The molecule has 0 spiro atoms. The Kier molecular flexibility index (Phi) is 9.46. The first-order chi connectivity index (χ1) is 20.4. The Balaban J connectivity index is 1.56. The van der Waals surface area contributed by atoms with Gasteiger partial charge in [0.15, 0.2) is 0 Å². The number of ketones is 1. The molecule has 2 heterocycles. The number of amides is 2. The maximum absolute atomic E-state index is 13.5. The van der Waals surface area contributed by atoms with E-state index in [2.05, 4.69) is 25.8 Å². The summed E-state index contributed by atoms with van der Waals surface area (Å²) >= 11 is 0. The summed E-state index contributed by atoms with van der Waals surface area (Å²) in [6.45, 7) is 5.77. The zero-order valence-electron chi connectivity index (χ0n) is 24.1. The molecular weight excluding hydrogens is 556 g/mol. The van der Waals surface area contributed by atoms with Crippen LogP contribution < -0.4 is 16.2 Å². The zero-order valence-corrected chi connectivity index (χ0v) is 24.1. The molecule has 4 rings (SSSR count). The van der Waals surface area contributed by atoms with Crippen molar-refractivity contribution in [1.29, 1.82) is 0 Å². The first kappa shape index (κ1) is 30.8. The fourth-order valence-corrected chi connectivity index (χ4v) is 4.01. The van der Waals surface area contributed by atoms with Gasteiger partial charge in [0.2, 0.25) is 17.5 Å². The fourth-order valence-electron chi connectivity index (χ4n) is 4.01. The van der Waals surface area contributed by atoms with Crippen LogP contribution in [0.3, 0.4) is 0 Å². The van der Waals surface area contributed by atoms with Gasteiger partial charge in [-0.05, 0) is 25.3 Å². The standard InChI is InChI=1S/C30H32N6O7/c1-18(2)23(24(38)26-34-28(35-43-26)30(3,4)41)33-22(37)16-36-25(20-13-9-6-10-14-20)31-15-21(27(36)39)32-29(40)42-17-19-11-7-5-8-12-19/h5-15,18,23,41H,16-17H2,1-4H3,(H,32,40)(H,33,37). The summed E-state index contributed by atoms with van der Waals surface area (Å²) in [6, 6.07) is 16.7. The van der Waals surface area contributed by atoms with Gasteiger partial charge in [-0.15, -0.1) is 0 Å². The minimum atomic E-state index is -1.44. The van der Waals surface area contributed by atoms with Gasteiger partial charge in [-0.3, -0.25) is 24.3 Å². The van der Waals surface area contributed by atoms with Crippen molar-refractivity contribution in [2.75, 3.05) is 5.32 Å². The molecule has 13 heteroatoms. The molecule has 0 radical (unpaired) electrons. The number of anilines is 1. The van der Waals surface area contributed by atoms with Crippen molar-refractivity contribution in [3.8, 4) is 11.4 Å². The smallest absolute Gasteiger partial charge is 0.412 e. The number of hydrogen-bond acceptors (Lipinski definition) is 10. The number of Topliss-reactive ketones (excluding diaryl/α,β-unsaturated/α-hetero) is 1. The van der Waals surface area contributed by atoms with E-state index in [4.69, 9.17) is 9.26 Å². The molecule has 0 saturated heterocycles. The third-order valence-corrected chi connectivity index (χ3v) is 6.28. The number of nitrogens with one attached hydrogen (secondary N) is 2. The molecule has 13 nitrogen and oxygen atoms in total. The fraction of sp³-hybridized carbons (Fsp3) is 0.300. The monoisotopic (exact) mass is 588 g/mol. The van der Waals surface area contributed by atoms with Crippen LogP contribution in [0.1, 0.15) is 49.8 Å². The number of hydrogen-bond donors (Lipinski definition) is 3. The Morgan fingerprint density at radius 2 is 1.70 bits per heavy atom. The Labute approximate surface area is 246 Å². The highest BCUT2D eigenvalue weighted by Gasteiger charge is 2.32. The summed E-state index contributed by atoms with van der Waals surface area (Å²) in [6.07, 6.45) is 0.320. The number of rotatable bonds is 11. The number of nitrogens with zero attached hydrogens (tertiary/aromatic N) is 4. The first-order valence-corrected chi connectivity index (χ1v) is 13.5. The molecule has 224 valence electrons. The van der Waals surface area contributed by atoms with Crippen LogP contribution in [-0.4, -0.2) is 48.6 Å². The minimum absolute atomic E-state index is 0.0131. The lowest BCUT2D eigenvalue weighted by Gasteiger charge is -2.20. The summed E-state index contributed by atoms with van der Waals surface area (Å²) in [5.41, 5.74) is -1.04. The number of ether oxygens (including phenoxy) is 1. The molecule has 2 amide bonds. The zero-order chi connectivity index (χ0) is 31.1. The predicted molar refractivity (Wildman–Crippen MR) is 155 cm³/mol. The van der Waals surface area contributed by atoms with Gasteiger partial charge >= 0.3 is 6.09 Å². The second kappa shape index (κ2) is 13.2. The van der Waals surface area contributed by atoms with E-state index in [1.807, 2.05) is 6.07 Å². The Bertz CT molecular complexity index is 1640. The van der Waals surface area contributed by atoms with Gasteiger partial charge in [0.25, 0.3) is 11.4 Å². The minimum Gasteiger partial charge on any atom is -0.444 e. The number of aliphatic hydroxyl groups is 1. The number of benzene rings is 2. The second-order valence-corrected chi connectivity index (χ2v) is 10.6. The highest BCUT2D eigenvalue weighted by molar-refractivity contribution is 5.98. The van der Waals surface area contributed by atoms with Gasteiger partial charge in [0.1, 0.15) is 30.3 Å². The van der Waals surface area contributed by atoms with Gasteiger partial charge in [-0.25, -0.2) is 9.78 Å². The van der Waals surface area contributed by atoms with Gasteiger partial charge in [0.05, 0.1) is 12.2 Å². The molecule has 43 heavy (non-hydrogen) atoms. The van der Waals surface area contributed by atoms with Gasteiger partial charge < -0.3 is 19.7 Å². The molecule has 1 unspecified atom stereocenters. The molecule has 0 aliphatic carbocycles. The van der Waals surface area contributed by atoms with Crippen molar-refractivity contribution in [2.45, 2.75) is 52.5 Å². The molecule has 0 bridgehead atoms. The molecule has 4 aromatic rings. The Morgan fingerprint density at radius 1 is 1.05 bits per heavy atom. The largest absolute Gasteiger partial charge is 0.444 e. The third kappa shape index (κ3) is 7.77. The molecule has 0 saturated carbocycles.